The summed E-state index contributed by atoms with van der Waals surface area (Å²) in [6.45, 7) is 7.46. The third-order valence-electron chi connectivity index (χ3n) is 3.31. The van der Waals surface area contributed by atoms with Crippen molar-refractivity contribution in [2.45, 2.75) is 32.4 Å². The van der Waals surface area contributed by atoms with Crippen molar-refractivity contribution in [3.05, 3.63) is 0 Å². The Morgan fingerprint density at radius 2 is 1.79 bits per heavy atom. The van der Waals surface area contributed by atoms with Crippen molar-refractivity contribution in [3.63, 3.8) is 0 Å². The molecule has 0 aromatic heterocycles. The highest BCUT2D eigenvalue weighted by molar-refractivity contribution is 5.74. The molecule has 1 saturated heterocycles. The van der Waals surface area contributed by atoms with E-state index in [-0.39, 0.29) is 19.0 Å². The molecule has 0 aliphatic carbocycles. The number of aliphatic carboxylic acids is 1. The fraction of sp³-hybridized carbons (Fsp3) is 0.833. The molecule has 3 N–H and O–H groups in total. The molecule has 0 spiro atoms. The number of carboxylic acid groups (broad SMARTS) is 1. The molecule has 110 valence electrons. The lowest BCUT2D eigenvalue weighted by Crippen LogP contribution is -2.53. The number of aliphatic hydroxyl groups is 1. The van der Waals surface area contributed by atoms with Crippen LogP contribution in [0, 0.1) is 0 Å². The summed E-state index contributed by atoms with van der Waals surface area (Å²) in [5.41, 5.74) is 0. The summed E-state index contributed by atoms with van der Waals surface area (Å²) >= 11 is 0. The Labute approximate surface area is 113 Å². The molecule has 1 atom stereocenters. The largest absolute Gasteiger partial charge is 0.479 e. The number of piperazine rings is 1. The Hall–Kier alpha value is -1.34. The van der Waals surface area contributed by atoms with E-state index in [9.17, 15) is 9.59 Å². The molecule has 0 aromatic carbocycles. The van der Waals surface area contributed by atoms with Crippen molar-refractivity contribution in [2.24, 2.45) is 0 Å². The molecule has 7 nitrogen and oxygen atoms in total. The second-order valence-electron chi connectivity index (χ2n) is 4.99. The summed E-state index contributed by atoms with van der Waals surface area (Å²) in [6.07, 6.45) is -1.40. The highest BCUT2D eigenvalue weighted by Crippen LogP contribution is 2.05. The minimum Gasteiger partial charge on any atom is -0.479 e. The minimum atomic E-state index is -1.42. The van der Waals surface area contributed by atoms with E-state index in [1.54, 1.807) is 4.90 Å². The van der Waals surface area contributed by atoms with E-state index in [0.29, 0.717) is 19.1 Å². The topological polar surface area (TPSA) is 93.1 Å². The van der Waals surface area contributed by atoms with Crippen molar-refractivity contribution in [3.8, 4) is 0 Å². The average Bonchev–Trinajstić information content (AvgIpc) is 2.38. The van der Waals surface area contributed by atoms with E-state index >= 15 is 0 Å². The van der Waals surface area contributed by atoms with Gasteiger partial charge in [-0.15, -0.1) is 0 Å². The van der Waals surface area contributed by atoms with Crippen LogP contribution in [0.2, 0.25) is 0 Å². The van der Waals surface area contributed by atoms with Gasteiger partial charge >= 0.3 is 12.0 Å². The standard InChI is InChI=1S/C12H23N3O4/c1-9(2)14-5-7-15(8-6-14)12(19)13-4-3-10(16)11(17)18/h9-10,16H,3-8H2,1-2H3,(H,13,19)(H,17,18). The molecule has 1 heterocycles. The third kappa shape index (κ3) is 5.04. The lowest BCUT2D eigenvalue weighted by molar-refractivity contribution is -0.146. The number of carbonyl (C=O) groups is 2. The number of urea groups is 1. The Balaban J connectivity index is 2.23. The van der Waals surface area contributed by atoms with E-state index in [1.165, 1.54) is 0 Å². The summed E-state index contributed by atoms with van der Waals surface area (Å²) in [6, 6.07) is 0.289. The van der Waals surface area contributed by atoms with Crippen molar-refractivity contribution in [1.29, 1.82) is 0 Å². The van der Waals surface area contributed by atoms with E-state index in [4.69, 9.17) is 10.2 Å². The number of amides is 2. The number of hydrogen-bond acceptors (Lipinski definition) is 4. The van der Waals surface area contributed by atoms with Crippen molar-refractivity contribution < 1.29 is 19.8 Å². The number of aliphatic hydroxyl groups excluding tert-OH is 1. The second kappa shape index (κ2) is 7.30. The zero-order valence-corrected chi connectivity index (χ0v) is 11.5. The molecular formula is C12H23N3O4. The SMILES string of the molecule is CC(C)N1CCN(C(=O)NCCC(O)C(=O)O)CC1. The quantitative estimate of drug-likeness (QED) is 0.631. The van der Waals surface area contributed by atoms with Crippen LogP contribution in [0.25, 0.3) is 0 Å². The van der Waals surface area contributed by atoms with Gasteiger partial charge in [0.15, 0.2) is 6.10 Å². The van der Waals surface area contributed by atoms with Crippen LogP contribution in [0.15, 0.2) is 0 Å². The van der Waals surface area contributed by atoms with Gasteiger partial charge in [-0.05, 0) is 13.8 Å². The van der Waals surface area contributed by atoms with Gasteiger partial charge in [-0.3, -0.25) is 4.90 Å². The van der Waals surface area contributed by atoms with Crippen LogP contribution < -0.4 is 5.32 Å². The monoisotopic (exact) mass is 273 g/mol. The van der Waals surface area contributed by atoms with Crippen LogP contribution in [0.3, 0.4) is 0 Å². The Morgan fingerprint density at radius 1 is 1.21 bits per heavy atom. The second-order valence-corrected chi connectivity index (χ2v) is 4.99. The molecule has 0 bridgehead atoms. The van der Waals surface area contributed by atoms with Crippen LogP contribution in [0.4, 0.5) is 4.79 Å². The number of carboxylic acids is 1. The average molecular weight is 273 g/mol. The number of nitrogens with zero attached hydrogens (tertiary/aromatic N) is 2. The molecule has 1 fully saturated rings. The van der Waals surface area contributed by atoms with Crippen LogP contribution >= 0.6 is 0 Å². The first kappa shape index (κ1) is 15.7. The molecule has 19 heavy (non-hydrogen) atoms. The highest BCUT2D eigenvalue weighted by atomic mass is 16.4. The van der Waals surface area contributed by atoms with Crippen molar-refractivity contribution >= 4 is 12.0 Å². The summed E-state index contributed by atoms with van der Waals surface area (Å²) in [4.78, 5) is 26.2. The normalized spacial score (nSPS) is 18.4. The Bertz CT molecular complexity index is 314. The molecule has 0 saturated carbocycles. The van der Waals surface area contributed by atoms with Gasteiger partial charge in [-0.25, -0.2) is 9.59 Å². The van der Waals surface area contributed by atoms with Gasteiger partial charge in [0.25, 0.3) is 0 Å². The smallest absolute Gasteiger partial charge is 0.332 e. The van der Waals surface area contributed by atoms with Gasteiger partial charge in [0, 0.05) is 45.2 Å². The first-order valence-electron chi connectivity index (χ1n) is 6.59. The summed E-state index contributed by atoms with van der Waals surface area (Å²) in [7, 11) is 0. The number of nitrogens with one attached hydrogen (secondary N) is 1. The van der Waals surface area contributed by atoms with Gasteiger partial charge in [-0.2, -0.15) is 0 Å². The summed E-state index contributed by atoms with van der Waals surface area (Å²) < 4.78 is 0. The number of rotatable bonds is 5. The Morgan fingerprint density at radius 3 is 2.26 bits per heavy atom. The molecule has 1 aliphatic rings. The maximum Gasteiger partial charge on any atom is 0.332 e. The van der Waals surface area contributed by atoms with Gasteiger partial charge in [0.1, 0.15) is 0 Å². The maximum absolute atomic E-state index is 11.8. The zero-order valence-electron chi connectivity index (χ0n) is 11.5. The maximum atomic E-state index is 11.8. The van der Waals surface area contributed by atoms with Crippen LogP contribution in [0.5, 0.6) is 0 Å². The molecule has 0 radical (unpaired) electrons. The predicted octanol–water partition coefficient (Wildman–Crippen LogP) is -0.442. The summed E-state index contributed by atoms with van der Waals surface area (Å²) in [5.74, 6) is -1.26. The number of hydrogen-bond donors (Lipinski definition) is 3. The lowest BCUT2D eigenvalue weighted by Gasteiger charge is -2.36. The first-order valence-corrected chi connectivity index (χ1v) is 6.59. The highest BCUT2D eigenvalue weighted by Gasteiger charge is 2.22. The van der Waals surface area contributed by atoms with Gasteiger partial charge < -0.3 is 20.4 Å². The predicted molar refractivity (Wildman–Crippen MR) is 69.9 cm³/mol. The molecule has 1 unspecified atom stereocenters. The molecule has 7 heteroatoms. The van der Waals surface area contributed by atoms with Crippen LogP contribution in [-0.2, 0) is 4.79 Å². The molecule has 0 aromatic rings. The number of carbonyl (C=O) groups excluding carboxylic acids is 1. The molecular weight excluding hydrogens is 250 g/mol. The Kier molecular flexibility index (Phi) is 6.04. The fourth-order valence-electron chi connectivity index (χ4n) is 1.99. The molecule has 1 rings (SSSR count). The summed E-state index contributed by atoms with van der Waals surface area (Å²) in [5, 5.41) is 20.2. The zero-order chi connectivity index (χ0) is 14.4. The van der Waals surface area contributed by atoms with Crippen LogP contribution in [0.1, 0.15) is 20.3 Å². The van der Waals surface area contributed by atoms with Gasteiger partial charge in [0.05, 0.1) is 0 Å². The lowest BCUT2D eigenvalue weighted by atomic mass is 10.2. The van der Waals surface area contributed by atoms with E-state index < -0.39 is 12.1 Å². The van der Waals surface area contributed by atoms with Crippen molar-refractivity contribution in [1.82, 2.24) is 15.1 Å². The van der Waals surface area contributed by atoms with Crippen molar-refractivity contribution in [2.75, 3.05) is 32.7 Å². The molecule has 2 amide bonds. The van der Waals surface area contributed by atoms with Gasteiger partial charge in [0.2, 0.25) is 0 Å². The van der Waals surface area contributed by atoms with E-state index in [2.05, 4.69) is 24.1 Å². The van der Waals surface area contributed by atoms with Gasteiger partial charge in [-0.1, -0.05) is 0 Å². The van der Waals surface area contributed by atoms with Crippen LogP contribution in [-0.4, -0.2) is 76.9 Å². The minimum absolute atomic E-state index is 0.0209. The van der Waals surface area contributed by atoms with E-state index in [0.717, 1.165) is 13.1 Å². The fourth-order valence-corrected chi connectivity index (χ4v) is 1.99. The van der Waals surface area contributed by atoms with E-state index in [1.807, 2.05) is 0 Å². The molecule has 1 aliphatic heterocycles. The third-order valence-corrected chi connectivity index (χ3v) is 3.31. The first-order chi connectivity index (χ1) is 8.91.